The van der Waals surface area contributed by atoms with Gasteiger partial charge in [0.25, 0.3) is 11.1 Å². The number of thioether (sulfide) groups is 1. The molecular formula is C25H18Cl2N2O4S. The molecule has 1 aliphatic heterocycles. The molecule has 3 aromatic carbocycles. The first-order chi connectivity index (χ1) is 16.4. The first kappa shape index (κ1) is 23.9. The molecule has 0 atom stereocenters. The number of carbonyl (C=O) groups is 3. The molecule has 0 unspecified atom stereocenters. The largest absolute Gasteiger partial charge is 0.489 e. The Hall–Kier alpha value is -3.26. The summed E-state index contributed by atoms with van der Waals surface area (Å²) in [6, 6.07) is 21.1. The summed E-state index contributed by atoms with van der Waals surface area (Å²) in [7, 11) is 0. The fourth-order valence-corrected chi connectivity index (χ4v) is 4.29. The zero-order valence-corrected chi connectivity index (χ0v) is 20.0. The van der Waals surface area contributed by atoms with Gasteiger partial charge in [-0.3, -0.25) is 19.3 Å². The fraction of sp³-hybridized carbons (Fsp3) is 0.0800. The van der Waals surface area contributed by atoms with Gasteiger partial charge in [-0.05, 0) is 71.4 Å². The van der Waals surface area contributed by atoms with Gasteiger partial charge >= 0.3 is 0 Å². The van der Waals surface area contributed by atoms with E-state index in [9.17, 15) is 14.4 Å². The standard InChI is InChI=1S/C25H18Cl2N2O4S/c26-18-9-7-16(8-10-18)15-33-21-6-1-3-17(11-21)12-22-24(31)29(25(32)34-22)14-23(30)28-20-5-2-4-19(27)13-20/h1-13H,14-15H2,(H,28,30)/b22-12+. The highest BCUT2D eigenvalue weighted by molar-refractivity contribution is 8.18. The highest BCUT2D eigenvalue weighted by atomic mass is 35.5. The molecule has 0 aromatic heterocycles. The van der Waals surface area contributed by atoms with Crippen LogP contribution in [0.3, 0.4) is 0 Å². The van der Waals surface area contributed by atoms with E-state index in [4.69, 9.17) is 27.9 Å². The Labute approximate surface area is 210 Å². The van der Waals surface area contributed by atoms with E-state index in [1.807, 2.05) is 12.1 Å². The zero-order valence-electron chi connectivity index (χ0n) is 17.7. The number of halogens is 2. The van der Waals surface area contributed by atoms with Crippen molar-refractivity contribution in [2.45, 2.75) is 6.61 Å². The van der Waals surface area contributed by atoms with Crippen molar-refractivity contribution in [3.8, 4) is 5.75 Å². The molecule has 1 aliphatic rings. The van der Waals surface area contributed by atoms with Crippen LogP contribution in [-0.4, -0.2) is 28.5 Å². The van der Waals surface area contributed by atoms with E-state index < -0.39 is 23.6 Å². The maximum Gasteiger partial charge on any atom is 0.294 e. The zero-order chi connectivity index (χ0) is 24.1. The van der Waals surface area contributed by atoms with Crippen LogP contribution in [0.15, 0.2) is 77.7 Å². The topological polar surface area (TPSA) is 75.7 Å². The summed E-state index contributed by atoms with van der Waals surface area (Å²) >= 11 is 12.6. The molecule has 3 amide bonds. The molecule has 1 heterocycles. The van der Waals surface area contributed by atoms with Gasteiger partial charge in [0.15, 0.2) is 0 Å². The molecule has 0 aliphatic carbocycles. The molecule has 9 heteroatoms. The lowest BCUT2D eigenvalue weighted by atomic mass is 10.2. The second-order valence-corrected chi connectivity index (χ2v) is 9.18. The molecule has 172 valence electrons. The quantitative estimate of drug-likeness (QED) is 0.378. The van der Waals surface area contributed by atoms with Crippen LogP contribution in [0.5, 0.6) is 5.75 Å². The average molecular weight is 513 g/mol. The van der Waals surface area contributed by atoms with Gasteiger partial charge in [-0.2, -0.15) is 0 Å². The summed E-state index contributed by atoms with van der Waals surface area (Å²) in [5.74, 6) is -0.407. The molecule has 1 fully saturated rings. The number of carbonyl (C=O) groups excluding carboxylic acids is 3. The van der Waals surface area contributed by atoms with Crippen LogP contribution in [-0.2, 0) is 16.2 Å². The number of ether oxygens (including phenoxy) is 1. The van der Waals surface area contributed by atoms with Crippen molar-refractivity contribution in [1.29, 1.82) is 0 Å². The smallest absolute Gasteiger partial charge is 0.294 e. The minimum Gasteiger partial charge on any atom is -0.489 e. The number of imide groups is 1. The van der Waals surface area contributed by atoms with E-state index in [-0.39, 0.29) is 4.91 Å². The lowest BCUT2D eigenvalue weighted by molar-refractivity contribution is -0.127. The summed E-state index contributed by atoms with van der Waals surface area (Å²) in [5.41, 5.74) is 2.14. The van der Waals surface area contributed by atoms with Gasteiger partial charge < -0.3 is 10.1 Å². The molecular weight excluding hydrogens is 495 g/mol. The third-order valence-corrected chi connectivity index (χ3v) is 6.15. The van der Waals surface area contributed by atoms with Crippen LogP contribution in [0.25, 0.3) is 6.08 Å². The number of amides is 3. The minimum atomic E-state index is -0.524. The van der Waals surface area contributed by atoms with Crippen molar-refractivity contribution in [3.05, 3.63) is 98.9 Å². The highest BCUT2D eigenvalue weighted by Gasteiger charge is 2.36. The Bertz CT molecular complexity index is 1280. The van der Waals surface area contributed by atoms with Gasteiger partial charge in [-0.15, -0.1) is 0 Å². The number of hydrogen-bond acceptors (Lipinski definition) is 5. The third-order valence-electron chi connectivity index (χ3n) is 4.76. The highest BCUT2D eigenvalue weighted by Crippen LogP contribution is 2.32. The average Bonchev–Trinajstić information content (AvgIpc) is 3.06. The molecule has 3 aromatic rings. The van der Waals surface area contributed by atoms with E-state index >= 15 is 0 Å². The summed E-state index contributed by atoms with van der Waals surface area (Å²) < 4.78 is 5.82. The van der Waals surface area contributed by atoms with Crippen LogP contribution in [0.2, 0.25) is 10.0 Å². The van der Waals surface area contributed by atoms with Crippen LogP contribution in [0, 0.1) is 0 Å². The fourth-order valence-electron chi connectivity index (χ4n) is 3.14. The van der Waals surface area contributed by atoms with Gasteiger partial charge in [-0.1, -0.05) is 53.5 Å². The van der Waals surface area contributed by atoms with Crippen molar-refractivity contribution >= 4 is 63.8 Å². The predicted molar refractivity (Wildman–Crippen MR) is 135 cm³/mol. The van der Waals surface area contributed by atoms with E-state index in [1.165, 1.54) is 0 Å². The van der Waals surface area contributed by atoms with Gasteiger partial charge in [0, 0.05) is 15.7 Å². The first-order valence-corrected chi connectivity index (χ1v) is 11.7. The van der Waals surface area contributed by atoms with Crippen molar-refractivity contribution in [2.24, 2.45) is 0 Å². The summed E-state index contributed by atoms with van der Waals surface area (Å²) in [5, 5.41) is 3.24. The number of benzene rings is 3. The normalized spacial score (nSPS) is 14.5. The number of nitrogens with one attached hydrogen (secondary N) is 1. The molecule has 34 heavy (non-hydrogen) atoms. The lowest BCUT2D eigenvalue weighted by Crippen LogP contribution is -2.36. The molecule has 1 N–H and O–H groups in total. The Balaban J connectivity index is 1.39. The van der Waals surface area contributed by atoms with Crippen LogP contribution >= 0.6 is 35.0 Å². The maximum atomic E-state index is 12.8. The predicted octanol–water partition coefficient (Wildman–Crippen LogP) is 6.25. The van der Waals surface area contributed by atoms with Gasteiger partial charge in [0.05, 0.1) is 4.91 Å². The third kappa shape index (κ3) is 6.20. The van der Waals surface area contributed by atoms with E-state index in [1.54, 1.807) is 66.7 Å². The molecule has 0 radical (unpaired) electrons. The van der Waals surface area contributed by atoms with Gasteiger partial charge in [0.2, 0.25) is 5.91 Å². The summed E-state index contributed by atoms with van der Waals surface area (Å²) in [4.78, 5) is 38.6. The number of rotatable bonds is 7. The van der Waals surface area contributed by atoms with Crippen molar-refractivity contribution < 1.29 is 19.1 Å². The Kier molecular flexibility index (Phi) is 7.57. The molecule has 1 saturated heterocycles. The van der Waals surface area contributed by atoms with Gasteiger partial charge in [0.1, 0.15) is 18.9 Å². The van der Waals surface area contributed by atoms with Crippen LogP contribution in [0.4, 0.5) is 10.5 Å². The van der Waals surface area contributed by atoms with Crippen molar-refractivity contribution in [2.75, 3.05) is 11.9 Å². The van der Waals surface area contributed by atoms with Gasteiger partial charge in [-0.25, -0.2) is 0 Å². The maximum absolute atomic E-state index is 12.8. The molecule has 0 spiro atoms. The molecule has 4 rings (SSSR count). The number of anilines is 1. The summed E-state index contributed by atoms with van der Waals surface area (Å²) in [6.07, 6.45) is 1.61. The summed E-state index contributed by atoms with van der Waals surface area (Å²) in [6.45, 7) is -0.0301. The lowest BCUT2D eigenvalue weighted by Gasteiger charge is -2.12. The SMILES string of the molecule is O=C(CN1C(=O)S/C(=C/c2cccc(OCc3ccc(Cl)cc3)c2)C1=O)Nc1cccc(Cl)c1. The van der Waals surface area contributed by atoms with Crippen LogP contribution < -0.4 is 10.1 Å². The Morgan fingerprint density at radius 3 is 2.50 bits per heavy atom. The molecule has 0 bridgehead atoms. The molecule has 0 saturated carbocycles. The van der Waals surface area contributed by atoms with Crippen molar-refractivity contribution in [1.82, 2.24) is 4.90 Å². The Morgan fingerprint density at radius 2 is 1.74 bits per heavy atom. The van der Waals surface area contributed by atoms with E-state index in [2.05, 4.69) is 5.32 Å². The first-order valence-electron chi connectivity index (χ1n) is 10.2. The number of nitrogens with zero attached hydrogens (tertiary/aromatic N) is 1. The monoisotopic (exact) mass is 512 g/mol. The van der Waals surface area contributed by atoms with E-state index in [0.29, 0.717) is 33.7 Å². The Morgan fingerprint density at radius 1 is 0.971 bits per heavy atom. The second-order valence-electron chi connectivity index (χ2n) is 7.31. The van der Waals surface area contributed by atoms with Crippen LogP contribution in [0.1, 0.15) is 11.1 Å². The second kappa shape index (κ2) is 10.8. The number of hydrogen-bond donors (Lipinski definition) is 1. The minimum absolute atomic E-state index is 0.232. The molecule has 6 nitrogen and oxygen atoms in total. The van der Waals surface area contributed by atoms with Crippen molar-refractivity contribution in [3.63, 3.8) is 0 Å². The van der Waals surface area contributed by atoms with E-state index in [0.717, 1.165) is 22.2 Å².